The normalized spacial score (nSPS) is 30.8. The minimum absolute atomic E-state index is 0.240. The summed E-state index contributed by atoms with van der Waals surface area (Å²) >= 11 is 1.42. The molecule has 0 radical (unpaired) electrons. The number of nitrogens with zero attached hydrogens (tertiary/aromatic N) is 2. The van der Waals surface area contributed by atoms with Crippen LogP contribution in [0.2, 0.25) is 0 Å². The van der Waals surface area contributed by atoms with Gasteiger partial charge in [-0.25, -0.2) is 4.98 Å². The fraction of sp³-hybridized carbons (Fsp3) is 0.500. The number of aliphatic hydroxyl groups is 2. The molecule has 2 aromatic heterocycles. The van der Waals surface area contributed by atoms with Crippen LogP contribution in [0, 0.1) is 17.3 Å². The molecule has 7 nitrogen and oxygen atoms in total. The molecule has 36 heavy (non-hydrogen) atoms. The lowest BCUT2D eigenvalue weighted by Crippen LogP contribution is -2.45. The number of carbonyl (C=O) groups excluding carboxylic acids is 2. The number of hydrogen-bond acceptors (Lipinski definition) is 8. The van der Waals surface area contributed by atoms with E-state index in [4.69, 9.17) is 4.74 Å². The molecule has 0 spiro atoms. The number of aromatic nitrogens is 2. The van der Waals surface area contributed by atoms with Crippen molar-refractivity contribution in [2.45, 2.75) is 72.2 Å². The first-order valence-corrected chi connectivity index (χ1v) is 13.2. The zero-order chi connectivity index (χ0) is 26.5. The van der Waals surface area contributed by atoms with Crippen molar-refractivity contribution in [2.75, 3.05) is 0 Å². The van der Waals surface area contributed by atoms with Crippen LogP contribution in [-0.4, -0.2) is 44.1 Å². The quantitative estimate of drug-likeness (QED) is 0.427. The standard InChI is InChI=1S/C28H36N2O5S/c1-17-9-8-10-18(2)25(33)19(3)26(34)28(4,5)23(31)15-24(32)35-22(13-12-17)21-16-36-27(30-21)20-11-6-7-14-29-20/h6-8,10-12,14,16,18-19,22-23,25,31,33H,9,13,15H2,1-5H3/b10-8-,17-12-/t18-,19-,22+,23-,25-/m1/s1. The Morgan fingerprint density at radius 2 is 1.92 bits per heavy atom. The largest absolute Gasteiger partial charge is 0.455 e. The lowest BCUT2D eigenvalue weighted by atomic mass is 9.73. The topological polar surface area (TPSA) is 110 Å². The van der Waals surface area contributed by atoms with E-state index >= 15 is 0 Å². The molecule has 0 aliphatic carbocycles. The summed E-state index contributed by atoms with van der Waals surface area (Å²) in [6, 6.07) is 5.60. The Balaban J connectivity index is 1.91. The monoisotopic (exact) mass is 512 g/mol. The molecule has 3 heterocycles. The molecule has 194 valence electrons. The summed E-state index contributed by atoms with van der Waals surface area (Å²) in [5.74, 6) is -1.85. The van der Waals surface area contributed by atoms with Gasteiger partial charge in [-0.2, -0.15) is 0 Å². The van der Waals surface area contributed by atoms with Gasteiger partial charge in [-0.1, -0.05) is 57.6 Å². The number of Topliss-reactive ketones (excluding diaryl/α,β-unsaturated/α-hetero) is 1. The van der Waals surface area contributed by atoms with Gasteiger partial charge in [0.2, 0.25) is 0 Å². The molecule has 1 aliphatic heterocycles. The second-order valence-electron chi connectivity index (χ2n) is 10.1. The Kier molecular flexibility index (Phi) is 9.33. The Morgan fingerprint density at radius 3 is 2.61 bits per heavy atom. The summed E-state index contributed by atoms with van der Waals surface area (Å²) in [5, 5.41) is 24.2. The third-order valence-corrected chi connectivity index (χ3v) is 7.75. The molecule has 0 unspecified atom stereocenters. The number of carbonyl (C=O) groups is 2. The molecule has 8 heteroatoms. The fourth-order valence-corrected chi connectivity index (χ4v) is 5.06. The molecule has 0 saturated carbocycles. The number of ketones is 1. The third kappa shape index (κ3) is 6.75. The molecule has 1 aliphatic rings. The van der Waals surface area contributed by atoms with Crippen LogP contribution in [0.25, 0.3) is 10.7 Å². The van der Waals surface area contributed by atoms with E-state index in [0.29, 0.717) is 18.5 Å². The first-order chi connectivity index (χ1) is 17.0. The van der Waals surface area contributed by atoms with Crippen molar-refractivity contribution < 1.29 is 24.5 Å². The zero-order valence-electron chi connectivity index (χ0n) is 21.5. The average molecular weight is 513 g/mol. The van der Waals surface area contributed by atoms with Crippen LogP contribution in [0.5, 0.6) is 0 Å². The van der Waals surface area contributed by atoms with E-state index in [1.54, 1.807) is 27.0 Å². The van der Waals surface area contributed by atoms with Gasteiger partial charge in [-0.05, 0) is 25.5 Å². The van der Waals surface area contributed by atoms with Gasteiger partial charge < -0.3 is 14.9 Å². The van der Waals surface area contributed by atoms with Gasteiger partial charge in [0.1, 0.15) is 16.9 Å². The molecule has 2 aromatic rings. The average Bonchev–Trinajstić information content (AvgIpc) is 3.35. The van der Waals surface area contributed by atoms with Crippen molar-refractivity contribution in [3.8, 4) is 10.7 Å². The summed E-state index contributed by atoms with van der Waals surface area (Å²) in [5.41, 5.74) is 1.20. The van der Waals surface area contributed by atoms with E-state index in [1.807, 2.05) is 55.7 Å². The van der Waals surface area contributed by atoms with Crippen molar-refractivity contribution in [1.29, 1.82) is 0 Å². The van der Waals surface area contributed by atoms with Gasteiger partial charge in [0.15, 0.2) is 0 Å². The molecule has 3 rings (SSSR count). The summed E-state index contributed by atoms with van der Waals surface area (Å²) in [6.45, 7) is 8.72. The number of pyridine rings is 1. The van der Waals surface area contributed by atoms with Crippen LogP contribution < -0.4 is 0 Å². The van der Waals surface area contributed by atoms with Crippen molar-refractivity contribution >= 4 is 23.1 Å². The second-order valence-corrected chi connectivity index (χ2v) is 11.0. The lowest BCUT2D eigenvalue weighted by Gasteiger charge is -2.34. The highest BCUT2D eigenvalue weighted by Crippen LogP contribution is 2.33. The van der Waals surface area contributed by atoms with Crippen LogP contribution in [0.1, 0.15) is 65.7 Å². The number of rotatable bonds is 2. The summed E-state index contributed by atoms with van der Waals surface area (Å²) in [6.07, 6.45) is 5.57. The molecule has 0 fully saturated rings. The van der Waals surface area contributed by atoms with Crippen LogP contribution in [-0.2, 0) is 14.3 Å². The fourth-order valence-electron chi connectivity index (χ4n) is 4.23. The molecule has 0 amide bonds. The predicted molar refractivity (Wildman–Crippen MR) is 140 cm³/mol. The van der Waals surface area contributed by atoms with Gasteiger partial charge in [0.25, 0.3) is 0 Å². The van der Waals surface area contributed by atoms with Gasteiger partial charge >= 0.3 is 5.97 Å². The van der Waals surface area contributed by atoms with Crippen LogP contribution in [0.15, 0.2) is 53.6 Å². The molecule has 0 bridgehead atoms. The summed E-state index contributed by atoms with van der Waals surface area (Å²) < 4.78 is 5.80. The van der Waals surface area contributed by atoms with E-state index in [1.165, 1.54) is 11.3 Å². The van der Waals surface area contributed by atoms with Gasteiger partial charge in [0.05, 0.1) is 35.4 Å². The number of esters is 1. The minimum Gasteiger partial charge on any atom is -0.455 e. The number of ether oxygens (including phenoxy) is 1. The smallest absolute Gasteiger partial charge is 0.309 e. The summed E-state index contributed by atoms with van der Waals surface area (Å²) in [4.78, 5) is 35.1. The molecule has 0 aromatic carbocycles. The van der Waals surface area contributed by atoms with E-state index in [2.05, 4.69) is 9.97 Å². The first-order valence-electron chi connectivity index (χ1n) is 12.3. The van der Waals surface area contributed by atoms with Crippen molar-refractivity contribution in [2.24, 2.45) is 17.3 Å². The maximum atomic E-state index is 13.2. The predicted octanol–water partition coefficient (Wildman–Crippen LogP) is 5.07. The number of allylic oxidation sites excluding steroid dienone is 2. The van der Waals surface area contributed by atoms with E-state index < -0.39 is 35.6 Å². The highest BCUT2D eigenvalue weighted by molar-refractivity contribution is 7.13. The number of aliphatic hydroxyl groups excluding tert-OH is 2. The minimum atomic E-state index is -1.26. The molecule has 0 saturated heterocycles. The highest BCUT2D eigenvalue weighted by Gasteiger charge is 2.42. The number of cyclic esters (lactones) is 1. The number of thiazole rings is 1. The molecular formula is C28H36N2O5S. The van der Waals surface area contributed by atoms with Gasteiger partial charge in [0, 0.05) is 29.8 Å². The Morgan fingerprint density at radius 1 is 1.17 bits per heavy atom. The zero-order valence-corrected chi connectivity index (χ0v) is 22.4. The van der Waals surface area contributed by atoms with Crippen LogP contribution >= 0.6 is 11.3 Å². The van der Waals surface area contributed by atoms with Crippen molar-refractivity contribution in [3.05, 3.63) is 59.3 Å². The Bertz CT molecular complexity index is 1110. The molecule has 2 N–H and O–H groups in total. The van der Waals surface area contributed by atoms with E-state index in [9.17, 15) is 19.8 Å². The van der Waals surface area contributed by atoms with Crippen molar-refractivity contribution in [3.63, 3.8) is 0 Å². The van der Waals surface area contributed by atoms with Gasteiger partial charge in [-0.3, -0.25) is 14.6 Å². The van der Waals surface area contributed by atoms with Crippen LogP contribution in [0.4, 0.5) is 0 Å². The number of hydrogen-bond donors (Lipinski definition) is 2. The Hall–Kier alpha value is -2.68. The van der Waals surface area contributed by atoms with Crippen LogP contribution in [0.3, 0.4) is 0 Å². The molecular weight excluding hydrogens is 476 g/mol. The maximum Gasteiger partial charge on any atom is 0.309 e. The van der Waals surface area contributed by atoms with Gasteiger partial charge in [-0.15, -0.1) is 11.3 Å². The Labute approximate surface area is 217 Å². The summed E-state index contributed by atoms with van der Waals surface area (Å²) in [7, 11) is 0. The SMILES string of the molecule is C/C1=C/C[C@@H](c2csc(-c3ccccn3)n2)OC(=O)C[C@@H](O)C(C)(C)C(=O)[C@H](C)[C@H](O)[C@H](C)/C=C\C1. The highest BCUT2D eigenvalue weighted by atomic mass is 32.1. The maximum absolute atomic E-state index is 13.2. The second kappa shape index (κ2) is 12.0. The lowest BCUT2D eigenvalue weighted by molar-refractivity contribution is -0.156. The third-order valence-electron chi connectivity index (χ3n) is 6.86. The van der Waals surface area contributed by atoms with E-state index in [-0.39, 0.29) is 18.1 Å². The van der Waals surface area contributed by atoms with Crippen molar-refractivity contribution in [1.82, 2.24) is 9.97 Å². The van der Waals surface area contributed by atoms with E-state index in [0.717, 1.165) is 16.3 Å². The first kappa shape index (κ1) is 27.9. The molecule has 5 atom stereocenters.